The Morgan fingerprint density at radius 3 is 2.55 bits per heavy atom. The third-order valence-corrected chi connectivity index (χ3v) is 4.58. The van der Waals surface area contributed by atoms with Crippen molar-refractivity contribution in [2.75, 3.05) is 19.0 Å². The van der Waals surface area contributed by atoms with Crippen LogP contribution in [0.2, 0.25) is 0 Å². The number of carbonyl (C=O) groups excluding carboxylic acids is 2. The molecule has 1 aliphatic rings. The predicted octanol–water partition coefficient (Wildman–Crippen LogP) is 2.96. The Morgan fingerprint density at radius 2 is 2.00 bits per heavy atom. The number of esters is 1. The SMILES string of the molecule is CCO/C=C(\C(=O)OCC)C(=O)C1CCSC(C)(C)C1. The number of rotatable bonds is 6. The highest BCUT2D eigenvalue weighted by Gasteiger charge is 2.36. The Hall–Kier alpha value is -0.970. The molecule has 0 amide bonds. The molecule has 1 atom stereocenters. The average molecular weight is 300 g/mol. The molecule has 0 spiro atoms. The Morgan fingerprint density at radius 1 is 1.30 bits per heavy atom. The van der Waals surface area contributed by atoms with Gasteiger partial charge in [-0.2, -0.15) is 11.8 Å². The van der Waals surface area contributed by atoms with Gasteiger partial charge in [0.05, 0.1) is 13.2 Å². The van der Waals surface area contributed by atoms with Crippen LogP contribution in [0, 0.1) is 5.92 Å². The van der Waals surface area contributed by atoms with Crippen LogP contribution in [0.25, 0.3) is 0 Å². The molecule has 0 N–H and O–H groups in total. The van der Waals surface area contributed by atoms with Gasteiger partial charge in [0.25, 0.3) is 0 Å². The summed E-state index contributed by atoms with van der Waals surface area (Å²) in [6.07, 6.45) is 2.84. The van der Waals surface area contributed by atoms with Crippen LogP contribution in [-0.4, -0.2) is 35.5 Å². The van der Waals surface area contributed by atoms with Gasteiger partial charge in [-0.1, -0.05) is 13.8 Å². The van der Waals surface area contributed by atoms with Gasteiger partial charge >= 0.3 is 5.97 Å². The maximum absolute atomic E-state index is 12.5. The molecule has 1 aliphatic heterocycles. The van der Waals surface area contributed by atoms with Crippen LogP contribution in [0.15, 0.2) is 11.8 Å². The van der Waals surface area contributed by atoms with Gasteiger partial charge in [-0.05, 0) is 32.4 Å². The molecule has 0 radical (unpaired) electrons. The molecule has 0 aliphatic carbocycles. The summed E-state index contributed by atoms with van der Waals surface area (Å²) in [6, 6.07) is 0. The zero-order chi connectivity index (χ0) is 15.2. The van der Waals surface area contributed by atoms with Crippen molar-refractivity contribution in [1.29, 1.82) is 0 Å². The Labute approximate surface area is 125 Å². The van der Waals surface area contributed by atoms with E-state index in [-0.39, 0.29) is 28.6 Å². The number of ether oxygens (including phenoxy) is 2. The second-order valence-electron chi connectivity index (χ2n) is 5.37. The van der Waals surface area contributed by atoms with E-state index < -0.39 is 5.97 Å². The van der Waals surface area contributed by atoms with Crippen LogP contribution >= 0.6 is 11.8 Å². The Balaban J connectivity index is 2.84. The van der Waals surface area contributed by atoms with Gasteiger partial charge in [0.1, 0.15) is 11.8 Å². The maximum atomic E-state index is 12.5. The number of carbonyl (C=O) groups is 2. The first-order chi connectivity index (χ1) is 9.41. The van der Waals surface area contributed by atoms with E-state index in [2.05, 4.69) is 13.8 Å². The van der Waals surface area contributed by atoms with Gasteiger partial charge < -0.3 is 9.47 Å². The number of ketones is 1. The maximum Gasteiger partial charge on any atom is 0.344 e. The smallest absolute Gasteiger partial charge is 0.344 e. The van der Waals surface area contributed by atoms with Crippen molar-refractivity contribution in [2.24, 2.45) is 5.92 Å². The number of hydrogen-bond donors (Lipinski definition) is 0. The van der Waals surface area contributed by atoms with Crippen LogP contribution in [-0.2, 0) is 19.1 Å². The molecule has 20 heavy (non-hydrogen) atoms. The Bertz CT molecular complexity index is 387. The average Bonchev–Trinajstić information content (AvgIpc) is 2.38. The van der Waals surface area contributed by atoms with E-state index >= 15 is 0 Å². The van der Waals surface area contributed by atoms with Gasteiger partial charge in [0.15, 0.2) is 5.78 Å². The third kappa shape index (κ3) is 4.85. The normalized spacial score (nSPS) is 22.2. The molecule has 0 bridgehead atoms. The van der Waals surface area contributed by atoms with E-state index in [1.165, 1.54) is 6.26 Å². The van der Waals surface area contributed by atoms with Gasteiger partial charge in [-0.3, -0.25) is 4.79 Å². The van der Waals surface area contributed by atoms with Crippen LogP contribution in [0.5, 0.6) is 0 Å². The molecular weight excluding hydrogens is 276 g/mol. The van der Waals surface area contributed by atoms with E-state index in [1.807, 2.05) is 18.7 Å². The molecular formula is C15H24O4S. The highest BCUT2D eigenvalue weighted by molar-refractivity contribution is 8.00. The highest BCUT2D eigenvalue weighted by Crippen LogP contribution is 2.39. The summed E-state index contributed by atoms with van der Waals surface area (Å²) < 4.78 is 10.2. The summed E-state index contributed by atoms with van der Waals surface area (Å²) in [7, 11) is 0. The quantitative estimate of drug-likeness (QED) is 0.248. The molecule has 1 unspecified atom stereocenters. The van der Waals surface area contributed by atoms with Crippen molar-refractivity contribution >= 4 is 23.5 Å². The van der Waals surface area contributed by atoms with Gasteiger partial charge in [0.2, 0.25) is 0 Å². The van der Waals surface area contributed by atoms with Crippen molar-refractivity contribution < 1.29 is 19.1 Å². The van der Waals surface area contributed by atoms with E-state index in [1.54, 1.807) is 6.92 Å². The molecule has 114 valence electrons. The molecule has 4 nitrogen and oxygen atoms in total. The minimum absolute atomic E-state index is 0.0430. The Kier molecular flexibility index (Phi) is 6.59. The second kappa shape index (κ2) is 7.72. The molecule has 0 aromatic rings. The van der Waals surface area contributed by atoms with Crippen LogP contribution in [0.3, 0.4) is 0 Å². The summed E-state index contributed by atoms with van der Waals surface area (Å²) in [6.45, 7) is 8.47. The highest BCUT2D eigenvalue weighted by atomic mass is 32.2. The molecule has 1 heterocycles. The van der Waals surface area contributed by atoms with Gasteiger partial charge in [0, 0.05) is 10.7 Å². The lowest BCUT2D eigenvalue weighted by molar-refractivity contribution is -0.140. The van der Waals surface area contributed by atoms with E-state index in [0.717, 1.165) is 18.6 Å². The van der Waals surface area contributed by atoms with Crippen molar-refractivity contribution in [3.8, 4) is 0 Å². The fraction of sp³-hybridized carbons (Fsp3) is 0.733. The fourth-order valence-corrected chi connectivity index (χ4v) is 3.53. The standard InChI is InChI=1S/C15H24O4S/c1-5-18-10-12(14(17)19-6-2)13(16)11-7-8-20-15(3,4)9-11/h10-11H,5-9H2,1-4H3/b12-10-. The summed E-state index contributed by atoms with van der Waals surface area (Å²) in [5, 5.41) is 0. The minimum Gasteiger partial charge on any atom is -0.500 e. The van der Waals surface area contributed by atoms with Crippen molar-refractivity contribution in [2.45, 2.75) is 45.3 Å². The number of hydrogen-bond acceptors (Lipinski definition) is 5. The summed E-state index contributed by atoms with van der Waals surface area (Å²) in [5.74, 6) is 0.0864. The predicted molar refractivity (Wildman–Crippen MR) is 80.6 cm³/mol. The molecule has 1 fully saturated rings. The van der Waals surface area contributed by atoms with Crippen molar-refractivity contribution in [1.82, 2.24) is 0 Å². The van der Waals surface area contributed by atoms with Gasteiger partial charge in [-0.25, -0.2) is 4.79 Å². The second-order valence-corrected chi connectivity index (χ2v) is 7.17. The van der Waals surface area contributed by atoms with Crippen LogP contribution in [0.1, 0.15) is 40.5 Å². The molecule has 0 saturated carbocycles. The molecule has 1 saturated heterocycles. The van der Waals surface area contributed by atoms with Crippen molar-refractivity contribution in [3.63, 3.8) is 0 Å². The summed E-state index contributed by atoms with van der Waals surface area (Å²) in [4.78, 5) is 24.4. The first-order valence-corrected chi connectivity index (χ1v) is 8.07. The third-order valence-electron chi connectivity index (χ3n) is 3.20. The zero-order valence-corrected chi connectivity index (χ0v) is 13.5. The molecule has 5 heteroatoms. The van der Waals surface area contributed by atoms with Gasteiger partial charge in [-0.15, -0.1) is 0 Å². The molecule has 1 rings (SSSR count). The summed E-state index contributed by atoms with van der Waals surface area (Å²) in [5.41, 5.74) is 0.0430. The van der Waals surface area contributed by atoms with Crippen LogP contribution < -0.4 is 0 Å². The lowest BCUT2D eigenvalue weighted by Crippen LogP contribution is -2.33. The zero-order valence-electron chi connectivity index (χ0n) is 12.7. The number of thioether (sulfide) groups is 1. The van der Waals surface area contributed by atoms with E-state index in [4.69, 9.17) is 9.47 Å². The fourth-order valence-electron chi connectivity index (χ4n) is 2.26. The summed E-state index contributed by atoms with van der Waals surface area (Å²) >= 11 is 1.87. The van der Waals surface area contributed by atoms with Crippen molar-refractivity contribution in [3.05, 3.63) is 11.8 Å². The first-order valence-electron chi connectivity index (χ1n) is 7.08. The first kappa shape index (κ1) is 17.1. The molecule has 0 aromatic heterocycles. The minimum atomic E-state index is -0.581. The molecule has 0 aromatic carbocycles. The largest absolute Gasteiger partial charge is 0.500 e. The number of Topliss-reactive ketones (excluding diaryl/α,β-unsaturated/α-hetero) is 1. The lowest BCUT2D eigenvalue weighted by Gasteiger charge is -2.33. The topological polar surface area (TPSA) is 52.6 Å². The van der Waals surface area contributed by atoms with E-state index in [9.17, 15) is 9.59 Å². The lowest BCUT2D eigenvalue weighted by atomic mass is 9.87. The van der Waals surface area contributed by atoms with Crippen LogP contribution in [0.4, 0.5) is 0 Å². The monoisotopic (exact) mass is 300 g/mol. The van der Waals surface area contributed by atoms with E-state index in [0.29, 0.717) is 6.61 Å².